The molecule has 7 nitrogen and oxygen atoms in total. The van der Waals surface area contributed by atoms with Crippen molar-refractivity contribution in [2.45, 2.75) is 31.3 Å². The van der Waals surface area contributed by atoms with Crippen molar-refractivity contribution in [1.82, 2.24) is 5.32 Å². The standard InChI is InChI=1S/C14H17FN2O5/c15-9-3-1-8(2-4-9)7-11(14(21)22)17-13(20)10(16)5-6-12(18)19/h1-4,10-11H,5-7,16H2,(H,17,20)(H,18,19)(H,21,22)/t10-,11-/m0/s1. The van der Waals surface area contributed by atoms with E-state index in [1.807, 2.05) is 0 Å². The van der Waals surface area contributed by atoms with Gasteiger partial charge in [0.15, 0.2) is 0 Å². The van der Waals surface area contributed by atoms with E-state index in [1.54, 1.807) is 0 Å². The molecule has 0 bridgehead atoms. The highest BCUT2D eigenvalue weighted by molar-refractivity contribution is 5.87. The Morgan fingerprint density at radius 1 is 1.18 bits per heavy atom. The lowest BCUT2D eigenvalue weighted by Crippen LogP contribution is -2.49. The highest BCUT2D eigenvalue weighted by Gasteiger charge is 2.23. The minimum Gasteiger partial charge on any atom is -0.481 e. The third-order valence-electron chi connectivity index (χ3n) is 2.97. The number of aliphatic carboxylic acids is 2. The summed E-state index contributed by atoms with van der Waals surface area (Å²) in [6.45, 7) is 0. The summed E-state index contributed by atoms with van der Waals surface area (Å²) >= 11 is 0. The van der Waals surface area contributed by atoms with Gasteiger partial charge in [0, 0.05) is 12.8 Å². The number of benzene rings is 1. The molecule has 0 aliphatic rings. The number of halogens is 1. The molecular weight excluding hydrogens is 295 g/mol. The van der Waals surface area contributed by atoms with Crippen molar-refractivity contribution in [3.63, 3.8) is 0 Å². The van der Waals surface area contributed by atoms with Crippen molar-refractivity contribution in [1.29, 1.82) is 0 Å². The molecule has 1 aromatic carbocycles. The highest BCUT2D eigenvalue weighted by Crippen LogP contribution is 2.07. The second-order valence-corrected chi connectivity index (χ2v) is 4.77. The van der Waals surface area contributed by atoms with Crippen LogP contribution in [-0.4, -0.2) is 40.1 Å². The molecule has 1 rings (SSSR count). The van der Waals surface area contributed by atoms with Gasteiger partial charge >= 0.3 is 11.9 Å². The van der Waals surface area contributed by atoms with Gasteiger partial charge in [-0.05, 0) is 24.1 Å². The second kappa shape index (κ2) is 8.08. The first-order valence-corrected chi connectivity index (χ1v) is 6.54. The van der Waals surface area contributed by atoms with Crippen LogP contribution in [0.2, 0.25) is 0 Å². The molecule has 0 spiro atoms. The number of nitrogens with two attached hydrogens (primary N) is 1. The lowest BCUT2D eigenvalue weighted by atomic mass is 10.0. The fourth-order valence-electron chi connectivity index (χ4n) is 1.75. The maximum Gasteiger partial charge on any atom is 0.326 e. The minimum atomic E-state index is -1.26. The molecule has 22 heavy (non-hydrogen) atoms. The maximum atomic E-state index is 12.8. The minimum absolute atomic E-state index is 0.0347. The molecule has 0 radical (unpaired) electrons. The largest absolute Gasteiger partial charge is 0.481 e. The van der Waals surface area contributed by atoms with Crippen LogP contribution in [0.15, 0.2) is 24.3 Å². The van der Waals surface area contributed by atoms with Gasteiger partial charge in [-0.15, -0.1) is 0 Å². The van der Waals surface area contributed by atoms with E-state index in [4.69, 9.17) is 15.9 Å². The summed E-state index contributed by atoms with van der Waals surface area (Å²) in [5, 5.41) is 19.9. The van der Waals surface area contributed by atoms with Crippen molar-refractivity contribution in [3.05, 3.63) is 35.6 Å². The third kappa shape index (κ3) is 5.88. The molecule has 1 amide bonds. The predicted molar refractivity (Wildman–Crippen MR) is 74.5 cm³/mol. The smallest absolute Gasteiger partial charge is 0.326 e. The Morgan fingerprint density at radius 3 is 2.27 bits per heavy atom. The van der Waals surface area contributed by atoms with Crippen LogP contribution >= 0.6 is 0 Å². The predicted octanol–water partition coefficient (Wildman–Crippen LogP) is 0.130. The van der Waals surface area contributed by atoms with Crippen molar-refractivity contribution in [2.24, 2.45) is 5.73 Å². The molecule has 5 N–H and O–H groups in total. The molecule has 0 aromatic heterocycles. The lowest BCUT2D eigenvalue weighted by molar-refractivity contribution is -0.142. The van der Waals surface area contributed by atoms with Crippen molar-refractivity contribution in [2.75, 3.05) is 0 Å². The normalized spacial score (nSPS) is 13.2. The van der Waals surface area contributed by atoms with Crippen LogP contribution in [0.4, 0.5) is 4.39 Å². The number of carbonyl (C=O) groups is 3. The highest BCUT2D eigenvalue weighted by atomic mass is 19.1. The zero-order valence-corrected chi connectivity index (χ0v) is 11.7. The third-order valence-corrected chi connectivity index (χ3v) is 2.97. The molecule has 0 aliphatic heterocycles. The van der Waals surface area contributed by atoms with Crippen molar-refractivity contribution in [3.8, 4) is 0 Å². The van der Waals surface area contributed by atoms with Crippen LogP contribution in [0, 0.1) is 5.82 Å². The number of carbonyl (C=O) groups excluding carboxylic acids is 1. The lowest BCUT2D eigenvalue weighted by Gasteiger charge is -2.17. The Hall–Kier alpha value is -2.48. The van der Waals surface area contributed by atoms with E-state index in [2.05, 4.69) is 5.32 Å². The number of hydrogen-bond donors (Lipinski definition) is 4. The van der Waals surface area contributed by atoms with Gasteiger partial charge in [-0.2, -0.15) is 0 Å². The van der Waals surface area contributed by atoms with Crippen LogP contribution in [-0.2, 0) is 20.8 Å². The van der Waals surface area contributed by atoms with Gasteiger partial charge < -0.3 is 21.3 Å². The number of amides is 1. The molecule has 0 unspecified atom stereocenters. The molecule has 2 atom stereocenters. The Morgan fingerprint density at radius 2 is 1.77 bits per heavy atom. The summed E-state index contributed by atoms with van der Waals surface area (Å²) < 4.78 is 12.8. The zero-order chi connectivity index (χ0) is 16.7. The topological polar surface area (TPSA) is 130 Å². The molecule has 0 fully saturated rings. The van der Waals surface area contributed by atoms with Gasteiger partial charge in [0.2, 0.25) is 5.91 Å². The van der Waals surface area contributed by atoms with Crippen molar-refractivity contribution >= 4 is 17.8 Å². The summed E-state index contributed by atoms with van der Waals surface area (Å²) in [6, 6.07) is 2.88. The second-order valence-electron chi connectivity index (χ2n) is 4.77. The Balaban J connectivity index is 2.63. The summed E-state index contributed by atoms with van der Waals surface area (Å²) in [4.78, 5) is 33.3. The fourth-order valence-corrected chi connectivity index (χ4v) is 1.75. The van der Waals surface area contributed by atoms with Gasteiger partial charge in [-0.25, -0.2) is 9.18 Å². The monoisotopic (exact) mass is 312 g/mol. The van der Waals surface area contributed by atoms with E-state index >= 15 is 0 Å². The van der Waals surface area contributed by atoms with Gasteiger partial charge in [-0.1, -0.05) is 12.1 Å². The van der Waals surface area contributed by atoms with E-state index in [9.17, 15) is 18.8 Å². The number of carboxylic acids is 2. The quantitative estimate of drug-likeness (QED) is 0.540. The molecule has 0 saturated carbocycles. The van der Waals surface area contributed by atoms with Gasteiger partial charge in [0.05, 0.1) is 6.04 Å². The first-order chi connectivity index (χ1) is 10.3. The summed E-state index contributed by atoms with van der Waals surface area (Å²) in [7, 11) is 0. The Labute approximate surface area is 125 Å². The molecule has 0 saturated heterocycles. The SMILES string of the molecule is N[C@@H](CCC(=O)O)C(=O)N[C@@H](Cc1ccc(F)cc1)C(=O)O. The fraction of sp³-hybridized carbons (Fsp3) is 0.357. The first-order valence-electron chi connectivity index (χ1n) is 6.54. The molecule has 0 aliphatic carbocycles. The van der Waals surface area contributed by atoms with Gasteiger partial charge in [0.1, 0.15) is 11.9 Å². The average molecular weight is 312 g/mol. The molecule has 0 heterocycles. The van der Waals surface area contributed by atoms with E-state index < -0.39 is 35.7 Å². The summed E-state index contributed by atoms with van der Waals surface area (Å²) in [5.41, 5.74) is 6.04. The first kappa shape index (κ1) is 17.6. The van der Waals surface area contributed by atoms with Gasteiger partial charge in [-0.3, -0.25) is 9.59 Å². The van der Waals surface area contributed by atoms with Crippen LogP contribution in [0.5, 0.6) is 0 Å². The number of rotatable bonds is 8. The maximum absolute atomic E-state index is 12.8. The number of carboxylic acid groups (broad SMARTS) is 2. The summed E-state index contributed by atoms with van der Waals surface area (Å²) in [6.07, 6.45) is -0.415. The van der Waals surface area contributed by atoms with Crippen LogP contribution < -0.4 is 11.1 Å². The summed E-state index contributed by atoms with van der Waals surface area (Å²) in [5.74, 6) is -3.54. The zero-order valence-electron chi connectivity index (χ0n) is 11.7. The number of nitrogens with one attached hydrogen (secondary N) is 1. The van der Waals surface area contributed by atoms with Crippen LogP contribution in [0.25, 0.3) is 0 Å². The van der Waals surface area contributed by atoms with E-state index in [-0.39, 0.29) is 19.3 Å². The van der Waals surface area contributed by atoms with Crippen LogP contribution in [0.3, 0.4) is 0 Å². The van der Waals surface area contributed by atoms with Crippen LogP contribution in [0.1, 0.15) is 18.4 Å². The molecular formula is C14H17FN2O5. The Bertz CT molecular complexity index is 547. The van der Waals surface area contributed by atoms with E-state index in [0.29, 0.717) is 5.56 Å². The average Bonchev–Trinajstić information content (AvgIpc) is 2.45. The van der Waals surface area contributed by atoms with Gasteiger partial charge in [0.25, 0.3) is 0 Å². The van der Waals surface area contributed by atoms with E-state index in [1.165, 1.54) is 24.3 Å². The van der Waals surface area contributed by atoms with E-state index in [0.717, 1.165) is 0 Å². The molecule has 1 aromatic rings. The number of hydrogen-bond acceptors (Lipinski definition) is 4. The molecule has 120 valence electrons. The molecule has 8 heteroatoms. The Kier molecular flexibility index (Phi) is 6.46. The van der Waals surface area contributed by atoms with Crippen molar-refractivity contribution < 1.29 is 29.0 Å².